The first-order valence-corrected chi connectivity index (χ1v) is 6.53. The lowest BCUT2D eigenvalue weighted by Gasteiger charge is -2.04. The van der Waals surface area contributed by atoms with Crippen molar-refractivity contribution in [1.29, 1.82) is 0 Å². The molecule has 0 aromatic heterocycles. The SMILES string of the molecule is Fc1cc(Cc2ccc(Br)c(F)c2)ccc1Br. The molecule has 88 valence electrons. The van der Waals surface area contributed by atoms with Gasteiger partial charge in [0.2, 0.25) is 0 Å². The summed E-state index contributed by atoms with van der Waals surface area (Å²) in [4.78, 5) is 0. The summed E-state index contributed by atoms with van der Waals surface area (Å²) >= 11 is 6.19. The minimum atomic E-state index is -0.305. The van der Waals surface area contributed by atoms with E-state index in [1.54, 1.807) is 12.1 Å². The molecule has 0 nitrogen and oxygen atoms in total. The highest BCUT2D eigenvalue weighted by atomic mass is 79.9. The van der Waals surface area contributed by atoms with Crippen LogP contribution in [0.2, 0.25) is 0 Å². The summed E-state index contributed by atoms with van der Waals surface area (Å²) in [5.74, 6) is -0.611. The maximum absolute atomic E-state index is 13.3. The van der Waals surface area contributed by atoms with Gasteiger partial charge in [-0.25, -0.2) is 8.78 Å². The fraction of sp³-hybridized carbons (Fsp3) is 0.0769. The van der Waals surface area contributed by atoms with Crippen LogP contribution >= 0.6 is 31.9 Å². The van der Waals surface area contributed by atoms with Gasteiger partial charge in [0.15, 0.2) is 0 Å². The van der Waals surface area contributed by atoms with Crippen LogP contribution < -0.4 is 0 Å². The van der Waals surface area contributed by atoms with Crippen LogP contribution in [0.4, 0.5) is 8.78 Å². The molecular weight excluding hydrogens is 354 g/mol. The molecule has 4 heteroatoms. The van der Waals surface area contributed by atoms with Crippen LogP contribution in [0.15, 0.2) is 45.3 Å². The number of hydrogen-bond donors (Lipinski definition) is 0. The van der Waals surface area contributed by atoms with Gasteiger partial charge in [0, 0.05) is 0 Å². The summed E-state index contributed by atoms with van der Waals surface area (Å²) in [7, 11) is 0. The molecule has 2 rings (SSSR count). The van der Waals surface area contributed by atoms with Gasteiger partial charge in [0.1, 0.15) is 11.6 Å². The van der Waals surface area contributed by atoms with E-state index in [9.17, 15) is 8.78 Å². The van der Waals surface area contributed by atoms with Crippen molar-refractivity contribution in [3.63, 3.8) is 0 Å². The maximum atomic E-state index is 13.3. The zero-order chi connectivity index (χ0) is 12.4. The summed E-state index contributed by atoms with van der Waals surface area (Å²) in [6, 6.07) is 9.83. The van der Waals surface area contributed by atoms with E-state index in [4.69, 9.17) is 0 Å². The number of hydrogen-bond acceptors (Lipinski definition) is 0. The van der Waals surface area contributed by atoms with Gasteiger partial charge in [-0.15, -0.1) is 0 Å². The molecule has 2 aromatic rings. The van der Waals surface area contributed by atoms with E-state index < -0.39 is 0 Å². The van der Waals surface area contributed by atoms with Crippen molar-refractivity contribution in [1.82, 2.24) is 0 Å². The van der Waals surface area contributed by atoms with Crippen molar-refractivity contribution in [3.8, 4) is 0 Å². The molecule has 0 heterocycles. The zero-order valence-electron chi connectivity index (χ0n) is 8.68. The van der Waals surface area contributed by atoms with Crippen LogP contribution in [0.1, 0.15) is 11.1 Å². The molecule has 2 aromatic carbocycles. The Hall–Kier alpha value is -0.740. The predicted molar refractivity (Wildman–Crippen MR) is 71.0 cm³/mol. The van der Waals surface area contributed by atoms with Crippen molar-refractivity contribution < 1.29 is 8.78 Å². The summed E-state index contributed by atoms with van der Waals surface area (Å²) in [6.07, 6.45) is 0.508. The normalized spacial score (nSPS) is 10.6. The number of benzene rings is 2. The van der Waals surface area contributed by atoms with Crippen LogP contribution in [0.5, 0.6) is 0 Å². The second-order valence-corrected chi connectivity index (χ2v) is 5.38. The fourth-order valence-electron chi connectivity index (χ4n) is 1.53. The molecule has 0 unspecified atom stereocenters. The van der Waals surface area contributed by atoms with Crippen molar-refractivity contribution in [2.75, 3.05) is 0 Å². The Morgan fingerprint density at radius 1 is 0.765 bits per heavy atom. The van der Waals surface area contributed by atoms with Crippen LogP contribution in [-0.4, -0.2) is 0 Å². The standard InChI is InChI=1S/C13H8Br2F2/c14-10-3-1-8(6-12(10)16)5-9-2-4-11(15)13(17)7-9/h1-4,6-7H,5H2. The molecule has 0 aliphatic carbocycles. The van der Waals surface area contributed by atoms with Crippen LogP contribution in [0.3, 0.4) is 0 Å². The van der Waals surface area contributed by atoms with Crippen molar-refractivity contribution in [2.45, 2.75) is 6.42 Å². The first-order valence-electron chi connectivity index (χ1n) is 4.94. The Balaban J connectivity index is 2.25. The largest absolute Gasteiger partial charge is 0.206 e. The third-order valence-electron chi connectivity index (χ3n) is 2.38. The molecule has 0 aliphatic heterocycles. The van der Waals surface area contributed by atoms with Gasteiger partial charge < -0.3 is 0 Å². The van der Waals surface area contributed by atoms with Gasteiger partial charge in [-0.05, 0) is 73.7 Å². The Labute approximate surface area is 115 Å². The predicted octanol–water partition coefficient (Wildman–Crippen LogP) is 5.08. The fourth-order valence-corrected chi connectivity index (χ4v) is 2.03. The zero-order valence-corrected chi connectivity index (χ0v) is 11.9. The topological polar surface area (TPSA) is 0 Å². The molecule has 0 bridgehead atoms. The molecule has 0 N–H and O–H groups in total. The molecule has 0 aliphatic rings. The Morgan fingerprint density at radius 3 is 1.53 bits per heavy atom. The van der Waals surface area contributed by atoms with Gasteiger partial charge in [-0.3, -0.25) is 0 Å². The van der Waals surface area contributed by atoms with Crippen molar-refractivity contribution in [2.24, 2.45) is 0 Å². The summed E-state index contributed by atoms with van der Waals surface area (Å²) < 4.78 is 27.5. The average Bonchev–Trinajstić information content (AvgIpc) is 2.29. The molecule has 0 saturated carbocycles. The first-order chi connectivity index (χ1) is 8.06. The number of rotatable bonds is 2. The minimum Gasteiger partial charge on any atom is -0.206 e. The molecule has 0 amide bonds. The monoisotopic (exact) mass is 360 g/mol. The van der Waals surface area contributed by atoms with E-state index in [0.29, 0.717) is 15.4 Å². The van der Waals surface area contributed by atoms with Gasteiger partial charge in [-0.2, -0.15) is 0 Å². The smallest absolute Gasteiger partial charge is 0.137 e. The highest BCUT2D eigenvalue weighted by molar-refractivity contribution is 9.10. The Morgan fingerprint density at radius 2 is 1.18 bits per heavy atom. The lowest BCUT2D eigenvalue weighted by Crippen LogP contribution is -1.91. The van der Waals surface area contributed by atoms with E-state index in [1.165, 1.54) is 12.1 Å². The second-order valence-electron chi connectivity index (χ2n) is 3.67. The maximum Gasteiger partial charge on any atom is 0.137 e. The summed E-state index contributed by atoms with van der Waals surface area (Å²) in [5.41, 5.74) is 1.62. The van der Waals surface area contributed by atoms with Gasteiger partial charge in [0.25, 0.3) is 0 Å². The lowest BCUT2D eigenvalue weighted by atomic mass is 10.1. The van der Waals surface area contributed by atoms with Crippen molar-refractivity contribution in [3.05, 3.63) is 68.1 Å². The molecule has 0 radical (unpaired) electrons. The third kappa shape index (κ3) is 3.13. The van der Waals surface area contributed by atoms with Crippen LogP contribution in [0.25, 0.3) is 0 Å². The quantitative estimate of drug-likeness (QED) is 0.699. The molecule has 0 spiro atoms. The van der Waals surface area contributed by atoms with Crippen molar-refractivity contribution >= 4 is 31.9 Å². The molecular formula is C13H8Br2F2. The van der Waals surface area contributed by atoms with Crippen LogP contribution in [0, 0.1) is 11.6 Å². The van der Waals surface area contributed by atoms with E-state index >= 15 is 0 Å². The summed E-state index contributed by atoms with van der Waals surface area (Å²) in [6.45, 7) is 0. The van der Waals surface area contributed by atoms with Gasteiger partial charge in [0.05, 0.1) is 8.95 Å². The molecule has 0 atom stereocenters. The molecule has 0 fully saturated rings. The molecule has 0 saturated heterocycles. The number of halogens is 4. The van der Waals surface area contributed by atoms with E-state index in [0.717, 1.165) is 11.1 Å². The van der Waals surface area contributed by atoms with E-state index in [1.807, 2.05) is 12.1 Å². The molecule has 17 heavy (non-hydrogen) atoms. The Bertz CT molecular complexity index is 504. The first kappa shape index (κ1) is 12.7. The second kappa shape index (κ2) is 5.27. The lowest BCUT2D eigenvalue weighted by molar-refractivity contribution is 0.617. The average molecular weight is 362 g/mol. The Kier molecular flexibility index (Phi) is 3.94. The third-order valence-corrected chi connectivity index (χ3v) is 3.66. The van der Waals surface area contributed by atoms with E-state index in [2.05, 4.69) is 31.9 Å². The van der Waals surface area contributed by atoms with Gasteiger partial charge >= 0.3 is 0 Å². The van der Waals surface area contributed by atoms with Gasteiger partial charge in [-0.1, -0.05) is 12.1 Å². The van der Waals surface area contributed by atoms with Crippen LogP contribution in [-0.2, 0) is 6.42 Å². The minimum absolute atomic E-state index is 0.305. The highest BCUT2D eigenvalue weighted by Crippen LogP contribution is 2.21. The van der Waals surface area contributed by atoms with E-state index in [-0.39, 0.29) is 11.6 Å². The highest BCUT2D eigenvalue weighted by Gasteiger charge is 2.04. The summed E-state index contributed by atoms with van der Waals surface area (Å²) in [5, 5.41) is 0.